The standard InChI is InChI=1S/C20H37N3O8/c1-6-7-8-28-19-15(23-12(5)25)18(13(21)9(2)29-19)31-20-14(22-11(4)24)17(27)16(26)10(3)30-20/h9-10,13-20,26-27H,6-8,21H2,1-5H3,(H,22,24)(H,23,25)/t9?,10?,13-,14?,15?,16-,17+,18-,19+,20-/m0/s1. The average molecular weight is 448 g/mol. The van der Waals surface area contributed by atoms with Crippen LogP contribution >= 0.6 is 0 Å². The SMILES string of the molecule is CCCCO[C@@H]1OC(C)[C@H](N)[C@H](O[C@@H]2OC(C)[C@H](O)[C@H](O)C2NC(C)=O)C1NC(C)=O. The molecule has 180 valence electrons. The largest absolute Gasteiger partial charge is 0.388 e. The van der Waals surface area contributed by atoms with Gasteiger partial charge in [-0.1, -0.05) is 13.3 Å². The third-order valence-corrected chi connectivity index (χ3v) is 5.57. The van der Waals surface area contributed by atoms with Crippen LogP contribution in [0.1, 0.15) is 47.5 Å². The molecule has 2 rings (SSSR count). The van der Waals surface area contributed by atoms with Gasteiger partial charge in [0.2, 0.25) is 11.8 Å². The van der Waals surface area contributed by atoms with Gasteiger partial charge in [-0.25, -0.2) is 0 Å². The van der Waals surface area contributed by atoms with E-state index in [1.807, 2.05) is 6.92 Å². The van der Waals surface area contributed by atoms with Crippen molar-refractivity contribution in [1.82, 2.24) is 10.6 Å². The highest BCUT2D eigenvalue weighted by Crippen LogP contribution is 2.29. The van der Waals surface area contributed by atoms with E-state index in [9.17, 15) is 19.8 Å². The van der Waals surface area contributed by atoms with Crippen LogP contribution in [0.5, 0.6) is 0 Å². The van der Waals surface area contributed by atoms with Crippen LogP contribution in [-0.4, -0.2) is 89.9 Å². The lowest BCUT2D eigenvalue weighted by Gasteiger charge is -2.48. The van der Waals surface area contributed by atoms with Crippen LogP contribution < -0.4 is 16.4 Å². The molecule has 11 nitrogen and oxygen atoms in total. The average Bonchev–Trinajstić information content (AvgIpc) is 2.69. The van der Waals surface area contributed by atoms with Gasteiger partial charge in [0.15, 0.2) is 12.6 Å². The molecule has 4 unspecified atom stereocenters. The topological polar surface area (TPSA) is 162 Å². The number of hydrogen-bond acceptors (Lipinski definition) is 9. The summed E-state index contributed by atoms with van der Waals surface area (Å²) in [4.78, 5) is 23.6. The van der Waals surface area contributed by atoms with Gasteiger partial charge in [0.25, 0.3) is 0 Å². The van der Waals surface area contributed by atoms with Gasteiger partial charge in [0.05, 0.1) is 18.2 Å². The summed E-state index contributed by atoms with van der Waals surface area (Å²) in [7, 11) is 0. The Labute approximate surface area is 182 Å². The number of unbranched alkanes of at least 4 members (excludes halogenated alkanes) is 1. The maximum atomic E-state index is 11.9. The molecule has 10 atom stereocenters. The summed E-state index contributed by atoms with van der Waals surface area (Å²) in [5.41, 5.74) is 6.35. The van der Waals surface area contributed by atoms with E-state index in [0.29, 0.717) is 6.61 Å². The second-order valence-corrected chi connectivity index (χ2v) is 8.26. The number of carbonyl (C=O) groups excluding carboxylic acids is 2. The lowest BCUT2D eigenvalue weighted by atomic mass is 9.94. The molecule has 0 radical (unpaired) electrons. The Kier molecular flexibility index (Phi) is 9.62. The minimum Gasteiger partial charge on any atom is -0.388 e. The van der Waals surface area contributed by atoms with E-state index >= 15 is 0 Å². The zero-order valence-corrected chi connectivity index (χ0v) is 18.8. The van der Waals surface area contributed by atoms with Crippen LogP contribution in [0.2, 0.25) is 0 Å². The monoisotopic (exact) mass is 447 g/mol. The number of carbonyl (C=O) groups is 2. The molecule has 0 spiro atoms. The molecule has 0 aliphatic carbocycles. The van der Waals surface area contributed by atoms with E-state index in [4.69, 9.17) is 24.7 Å². The first-order valence-electron chi connectivity index (χ1n) is 10.8. The summed E-state index contributed by atoms with van der Waals surface area (Å²) in [5.74, 6) is -0.744. The third kappa shape index (κ3) is 6.58. The number of aliphatic hydroxyl groups is 2. The van der Waals surface area contributed by atoms with Gasteiger partial charge in [-0.05, 0) is 20.3 Å². The highest BCUT2D eigenvalue weighted by atomic mass is 16.7. The Morgan fingerprint density at radius 3 is 2.13 bits per heavy atom. The number of rotatable bonds is 8. The summed E-state index contributed by atoms with van der Waals surface area (Å²) in [5, 5.41) is 26.0. The van der Waals surface area contributed by atoms with Crippen LogP contribution in [-0.2, 0) is 28.5 Å². The second kappa shape index (κ2) is 11.5. The molecule has 6 N–H and O–H groups in total. The summed E-state index contributed by atoms with van der Waals surface area (Å²) in [6.07, 6.45) is -4.73. The van der Waals surface area contributed by atoms with Crippen LogP contribution in [0, 0.1) is 0 Å². The van der Waals surface area contributed by atoms with Crippen molar-refractivity contribution >= 4 is 11.8 Å². The van der Waals surface area contributed by atoms with Gasteiger partial charge in [0, 0.05) is 20.5 Å². The van der Waals surface area contributed by atoms with Gasteiger partial charge in [-0.15, -0.1) is 0 Å². The smallest absolute Gasteiger partial charge is 0.217 e. The first-order valence-corrected chi connectivity index (χ1v) is 10.8. The zero-order chi connectivity index (χ0) is 23.3. The first-order chi connectivity index (χ1) is 14.6. The summed E-state index contributed by atoms with van der Waals surface area (Å²) < 4.78 is 23.7. The van der Waals surface area contributed by atoms with Gasteiger partial charge < -0.3 is 45.5 Å². The third-order valence-electron chi connectivity index (χ3n) is 5.57. The molecule has 0 aromatic rings. The lowest BCUT2D eigenvalue weighted by Crippen LogP contribution is -2.70. The molecular formula is C20H37N3O8. The fourth-order valence-corrected chi connectivity index (χ4v) is 3.78. The highest BCUT2D eigenvalue weighted by Gasteiger charge is 2.50. The summed E-state index contributed by atoms with van der Waals surface area (Å²) >= 11 is 0. The molecule has 0 aromatic heterocycles. The van der Waals surface area contributed by atoms with Gasteiger partial charge >= 0.3 is 0 Å². The Hall–Kier alpha value is -1.34. The number of amides is 2. The minimum atomic E-state index is -1.32. The second-order valence-electron chi connectivity index (χ2n) is 8.26. The molecule has 2 amide bonds. The maximum Gasteiger partial charge on any atom is 0.217 e. The number of ether oxygens (including phenoxy) is 4. The Morgan fingerprint density at radius 2 is 1.55 bits per heavy atom. The lowest BCUT2D eigenvalue weighted by molar-refractivity contribution is -0.304. The van der Waals surface area contributed by atoms with E-state index in [-0.39, 0.29) is 5.91 Å². The molecule has 2 saturated heterocycles. The van der Waals surface area contributed by atoms with Crippen LogP contribution in [0.15, 0.2) is 0 Å². The first kappa shape index (κ1) is 25.9. The van der Waals surface area contributed by atoms with Gasteiger partial charge in [0.1, 0.15) is 30.4 Å². The van der Waals surface area contributed by atoms with Crippen LogP contribution in [0.4, 0.5) is 0 Å². The highest BCUT2D eigenvalue weighted by molar-refractivity contribution is 5.73. The molecule has 0 bridgehead atoms. The normalized spacial score (nSPS) is 40.9. The van der Waals surface area contributed by atoms with Crippen molar-refractivity contribution in [2.24, 2.45) is 5.73 Å². The van der Waals surface area contributed by atoms with Crippen LogP contribution in [0.25, 0.3) is 0 Å². The minimum absolute atomic E-state index is 0.320. The van der Waals surface area contributed by atoms with Crippen LogP contribution in [0.3, 0.4) is 0 Å². The molecule has 0 aromatic carbocycles. The zero-order valence-electron chi connectivity index (χ0n) is 18.8. The Morgan fingerprint density at radius 1 is 0.968 bits per heavy atom. The molecule has 2 aliphatic heterocycles. The number of nitrogens with two attached hydrogens (primary N) is 1. The molecule has 2 fully saturated rings. The van der Waals surface area contributed by atoms with Crippen molar-refractivity contribution in [1.29, 1.82) is 0 Å². The van der Waals surface area contributed by atoms with Crippen molar-refractivity contribution < 1.29 is 38.7 Å². The molecular weight excluding hydrogens is 410 g/mol. The number of nitrogens with one attached hydrogen (secondary N) is 2. The number of aliphatic hydroxyl groups excluding tert-OH is 2. The van der Waals surface area contributed by atoms with Crippen molar-refractivity contribution in [2.75, 3.05) is 6.61 Å². The maximum absolute atomic E-state index is 11.9. The van der Waals surface area contributed by atoms with E-state index in [2.05, 4.69) is 10.6 Å². The predicted octanol–water partition coefficient (Wildman–Crippen LogP) is -1.26. The Balaban J connectivity index is 2.28. The van der Waals surface area contributed by atoms with E-state index in [0.717, 1.165) is 12.8 Å². The molecule has 11 heteroatoms. The summed E-state index contributed by atoms with van der Waals surface area (Å²) in [6.45, 7) is 8.47. The fraction of sp³-hybridized carbons (Fsp3) is 0.900. The van der Waals surface area contributed by atoms with E-state index in [1.54, 1.807) is 13.8 Å². The number of hydrogen-bond donors (Lipinski definition) is 5. The Bertz CT molecular complexity index is 609. The summed E-state index contributed by atoms with van der Waals surface area (Å²) in [6, 6.07) is -2.45. The molecule has 2 aliphatic rings. The quantitative estimate of drug-likeness (QED) is 0.286. The van der Waals surface area contributed by atoms with Gasteiger partial charge in [-0.3, -0.25) is 9.59 Å². The van der Waals surface area contributed by atoms with E-state index < -0.39 is 67.1 Å². The van der Waals surface area contributed by atoms with Crippen molar-refractivity contribution in [3.05, 3.63) is 0 Å². The van der Waals surface area contributed by atoms with Crippen molar-refractivity contribution in [2.45, 2.75) is 109 Å². The fourth-order valence-electron chi connectivity index (χ4n) is 3.78. The predicted molar refractivity (Wildman–Crippen MR) is 110 cm³/mol. The molecule has 0 saturated carbocycles. The van der Waals surface area contributed by atoms with Crippen molar-refractivity contribution in [3.63, 3.8) is 0 Å². The molecule has 31 heavy (non-hydrogen) atoms. The van der Waals surface area contributed by atoms with Gasteiger partial charge in [-0.2, -0.15) is 0 Å². The van der Waals surface area contributed by atoms with E-state index in [1.165, 1.54) is 13.8 Å². The molecule has 2 heterocycles. The van der Waals surface area contributed by atoms with Crippen molar-refractivity contribution in [3.8, 4) is 0 Å².